The first-order valence-electron chi connectivity index (χ1n) is 5.66. The van der Waals surface area contributed by atoms with Crippen LogP contribution in [0.1, 0.15) is 25.7 Å². The molecule has 2 aliphatic rings. The van der Waals surface area contributed by atoms with E-state index in [1.165, 1.54) is 0 Å². The maximum atomic E-state index is 11.9. The van der Waals surface area contributed by atoms with Gasteiger partial charge < -0.3 is 10.2 Å². The molecular formula is C12H15N3O. The molecule has 0 spiro atoms. The molecule has 2 rings (SSSR count). The minimum atomic E-state index is -0.338. The normalized spacial score (nSPS) is 28.5. The number of likely N-dealkylation sites (tertiary alicyclic amines) is 1. The van der Waals surface area contributed by atoms with Crippen LogP contribution in [-0.2, 0) is 4.79 Å². The smallest absolute Gasteiger partial charge is 0.238 e. The molecule has 2 atom stereocenters. The first-order valence-corrected chi connectivity index (χ1v) is 5.66. The van der Waals surface area contributed by atoms with E-state index in [1.54, 1.807) is 4.90 Å². The highest BCUT2D eigenvalue weighted by Crippen LogP contribution is 2.24. The van der Waals surface area contributed by atoms with Crippen molar-refractivity contribution in [3.05, 3.63) is 0 Å². The van der Waals surface area contributed by atoms with Gasteiger partial charge in [-0.25, -0.2) is 0 Å². The molecule has 2 unspecified atom stereocenters. The first kappa shape index (κ1) is 11.0. The van der Waals surface area contributed by atoms with Crippen LogP contribution in [0.25, 0.3) is 0 Å². The van der Waals surface area contributed by atoms with E-state index in [1.807, 2.05) is 0 Å². The summed E-state index contributed by atoms with van der Waals surface area (Å²) in [6.07, 6.45) is 9.10. The topological polar surface area (TPSA) is 56.1 Å². The van der Waals surface area contributed by atoms with Gasteiger partial charge in [0.2, 0.25) is 5.91 Å². The Hall–Kier alpha value is -1.52. The molecular weight excluding hydrogens is 202 g/mol. The number of hydrogen-bond donors (Lipinski definition) is 1. The van der Waals surface area contributed by atoms with Gasteiger partial charge in [0.25, 0.3) is 0 Å². The Balaban J connectivity index is 1.95. The van der Waals surface area contributed by atoms with Gasteiger partial charge in [0.15, 0.2) is 0 Å². The van der Waals surface area contributed by atoms with Gasteiger partial charge in [0.05, 0.1) is 18.7 Å². The summed E-state index contributed by atoms with van der Waals surface area (Å²) in [5.74, 6) is 2.55. The number of amides is 1. The standard InChI is InChI=1S/C12H15N3O/c1-2-10-5-6-11(7-13)15(10)12(16)8-14-9-3-4-9/h1,9-11,14H,3-6,8H2. The van der Waals surface area contributed by atoms with Crippen LogP contribution in [0.2, 0.25) is 0 Å². The van der Waals surface area contributed by atoms with Gasteiger partial charge >= 0.3 is 0 Å². The zero-order chi connectivity index (χ0) is 11.5. The van der Waals surface area contributed by atoms with Crippen molar-refractivity contribution in [3.8, 4) is 18.4 Å². The molecule has 84 valence electrons. The fourth-order valence-electron chi connectivity index (χ4n) is 2.06. The van der Waals surface area contributed by atoms with Crippen LogP contribution in [0.15, 0.2) is 0 Å². The molecule has 0 aromatic carbocycles. The van der Waals surface area contributed by atoms with Crippen LogP contribution in [0.4, 0.5) is 0 Å². The van der Waals surface area contributed by atoms with Crippen molar-refractivity contribution in [1.29, 1.82) is 5.26 Å². The highest BCUT2D eigenvalue weighted by atomic mass is 16.2. The summed E-state index contributed by atoms with van der Waals surface area (Å²) in [6, 6.07) is 2.11. The predicted molar refractivity (Wildman–Crippen MR) is 59.1 cm³/mol. The SMILES string of the molecule is C#CC1CCC(C#N)N1C(=O)CNC1CC1. The largest absolute Gasteiger partial charge is 0.312 e. The van der Waals surface area contributed by atoms with Gasteiger partial charge in [-0.3, -0.25) is 4.79 Å². The second-order valence-corrected chi connectivity index (χ2v) is 4.36. The summed E-state index contributed by atoms with van der Waals surface area (Å²) in [7, 11) is 0. The third kappa shape index (κ3) is 2.18. The van der Waals surface area contributed by atoms with E-state index in [-0.39, 0.29) is 18.0 Å². The third-order valence-corrected chi connectivity index (χ3v) is 3.13. The monoisotopic (exact) mass is 217 g/mol. The summed E-state index contributed by atoms with van der Waals surface area (Å²) < 4.78 is 0. The Bertz CT molecular complexity index is 339. The molecule has 1 aliphatic heterocycles. The molecule has 4 heteroatoms. The van der Waals surface area contributed by atoms with E-state index in [4.69, 9.17) is 11.7 Å². The van der Waals surface area contributed by atoms with Crippen LogP contribution in [0.3, 0.4) is 0 Å². The number of carbonyl (C=O) groups excluding carboxylic acids is 1. The number of nitrogens with one attached hydrogen (secondary N) is 1. The van der Waals surface area contributed by atoms with E-state index in [9.17, 15) is 4.79 Å². The lowest BCUT2D eigenvalue weighted by molar-refractivity contribution is -0.131. The number of carbonyl (C=O) groups is 1. The zero-order valence-electron chi connectivity index (χ0n) is 9.15. The van der Waals surface area contributed by atoms with Gasteiger partial charge in [-0.1, -0.05) is 5.92 Å². The summed E-state index contributed by atoms with van der Waals surface area (Å²) in [5.41, 5.74) is 0. The minimum absolute atomic E-state index is 0.0427. The lowest BCUT2D eigenvalue weighted by atomic mass is 10.2. The highest BCUT2D eigenvalue weighted by molar-refractivity contribution is 5.80. The molecule has 0 radical (unpaired) electrons. The van der Waals surface area contributed by atoms with Gasteiger partial charge in [-0.2, -0.15) is 5.26 Å². The molecule has 4 nitrogen and oxygen atoms in total. The van der Waals surface area contributed by atoms with E-state index >= 15 is 0 Å². The maximum absolute atomic E-state index is 11.9. The number of nitriles is 1. The minimum Gasteiger partial charge on any atom is -0.312 e. The molecule has 0 aromatic rings. The summed E-state index contributed by atoms with van der Waals surface area (Å²) >= 11 is 0. The van der Waals surface area contributed by atoms with Crippen molar-refractivity contribution >= 4 is 5.91 Å². The molecule has 16 heavy (non-hydrogen) atoms. The van der Waals surface area contributed by atoms with E-state index in [2.05, 4.69) is 17.3 Å². The average molecular weight is 217 g/mol. The molecule has 1 amide bonds. The van der Waals surface area contributed by atoms with E-state index in [0.717, 1.165) is 19.3 Å². The first-order chi connectivity index (χ1) is 7.76. The van der Waals surface area contributed by atoms with Gasteiger partial charge in [0.1, 0.15) is 6.04 Å². The molecule has 1 N–H and O–H groups in total. The zero-order valence-corrected chi connectivity index (χ0v) is 9.15. The molecule has 0 bridgehead atoms. The van der Waals surface area contributed by atoms with Crippen molar-refractivity contribution < 1.29 is 4.79 Å². The second-order valence-electron chi connectivity index (χ2n) is 4.36. The van der Waals surface area contributed by atoms with Gasteiger partial charge in [-0.05, 0) is 25.7 Å². The molecule has 1 aliphatic carbocycles. The van der Waals surface area contributed by atoms with Crippen molar-refractivity contribution in [2.45, 2.75) is 43.8 Å². The molecule has 1 heterocycles. The molecule has 0 aromatic heterocycles. The molecule has 1 saturated carbocycles. The van der Waals surface area contributed by atoms with E-state index < -0.39 is 0 Å². The van der Waals surface area contributed by atoms with Crippen molar-refractivity contribution in [2.24, 2.45) is 0 Å². The highest BCUT2D eigenvalue weighted by Gasteiger charge is 2.36. The van der Waals surface area contributed by atoms with Crippen LogP contribution < -0.4 is 5.32 Å². The number of terminal acetylenes is 1. The van der Waals surface area contributed by atoms with Crippen LogP contribution in [0, 0.1) is 23.7 Å². The Morgan fingerprint density at radius 1 is 1.38 bits per heavy atom. The van der Waals surface area contributed by atoms with Crippen molar-refractivity contribution in [3.63, 3.8) is 0 Å². The summed E-state index contributed by atoms with van der Waals surface area (Å²) in [4.78, 5) is 13.5. The van der Waals surface area contributed by atoms with Crippen LogP contribution >= 0.6 is 0 Å². The Kier molecular flexibility index (Phi) is 3.12. The van der Waals surface area contributed by atoms with Crippen LogP contribution in [-0.4, -0.2) is 35.5 Å². The molecule has 1 saturated heterocycles. The van der Waals surface area contributed by atoms with E-state index in [0.29, 0.717) is 19.0 Å². The summed E-state index contributed by atoms with van der Waals surface area (Å²) in [6.45, 7) is 0.307. The fourth-order valence-corrected chi connectivity index (χ4v) is 2.06. The fraction of sp³-hybridized carbons (Fsp3) is 0.667. The third-order valence-electron chi connectivity index (χ3n) is 3.13. The van der Waals surface area contributed by atoms with Crippen molar-refractivity contribution in [1.82, 2.24) is 10.2 Å². The Morgan fingerprint density at radius 2 is 2.06 bits per heavy atom. The lowest BCUT2D eigenvalue weighted by Gasteiger charge is -2.24. The van der Waals surface area contributed by atoms with Crippen LogP contribution in [0.5, 0.6) is 0 Å². The maximum Gasteiger partial charge on any atom is 0.238 e. The Morgan fingerprint density at radius 3 is 2.62 bits per heavy atom. The Labute approximate surface area is 95.6 Å². The second kappa shape index (κ2) is 4.55. The van der Waals surface area contributed by atoms with Crippen molar-refractivity contribution in [2.75, 3.05) is 6.54 Å². The average Bonchev–Trinajstić information content (AvgIpc) is 3.03. The number of rotatable bonds is 3. The molecule has 2 fully saturated rings. The summed E-state index contributed by atoms with van der Waals surface area (Å²) in [5, 5.41) is 12.1. The lowest BCUT2D eigenvalue weighted by Crippen LogP contribution is -2.45. The van der Waals surface area contributed by atoms with Gasteiger partial charge in [0, 0.05) is 6.04 Å². The number of nitrogens with zero attached hydrogens (tertiary/aromatic N) is 2. The predicted octanol–water partition coefficient (Wildman–Crippen LogP) is 0.255. The quantitative estimate of drug-likeness (QED) is 0.690. The number of hydrogen-bond acceptors (Lipinski definition) is 3. The van der Waals surface area contributed by atoms with Gasteiger partial charge in [-0.15, -0.1) is 6.42 Å².